The second-order valence-electron chi connectivity index (χ2n) is 9.08. The van der Waals surface area contributed by atoms with Gasteiger partial charge in [-0.1, -0.05) is 0 Å². The van der Waals surface area contributed by atoms with Crippen molar-refractivity contribution in [1.82, 2.24) is 10.3 Å². The molecule has 0 spiro atoms. The summed E-state index contributed by atoms with van der Waals surface area (Å²) in [5.74, 6) is 2.58. The molecule has 6 nitrogen and oxygen atoms in total. The lowest BCUT2D eigenvalue weighted by atomic mass is 9.77. The number of nitrogen functional groups attached to an aromatic ring is 1. The Balaban J connectivity index is 1.24. The molecular weight excluding hydrogens is 366 g/mol. The third-order valence-electron chi connectivity index (χ3n) is 6.99. The number of rotatable bonds is 4. The number of hydrogen-bond acceptors (Lipinski definition) is 5. The van der Waals surface area contributed by atoms with Gasteiger partial charge in [-0.25, -0.2) is 4.98 Å². The molecule has 2 aromatic rings. The fourth-order valence-corrected chi connectivity index (χ4v) is 5.80. The van der Waals surface area contributed by atoms with Crippen molar-refractivity contribution in [2.45, 2.75) is 50.2 Å². The van der Waals surface area contributed by atoms with Crippen LogP contribution in [0.1, 0.15) is 48.9 Å². The molecule has 1 aromatic heterocycles. The second kappa shape index (κ2) is 7.02. The third kappa shape index (κ3) is 3.69. The van der Waals surface area contributed by atoms with Crippen molar-refractivity contribution in [1.29, 1.82) is 0 Å². The number of carbonyl (C=O) groups is 1. The number of aliphatic hydroxyl groups is 1. The molecule has 5 rings (SSSR count). The van der Waals surface area contributed by atoms with E-state index in [4.69, 9.17) is 10.5 Å². The van der Waals surface area contributed by atoms with Gasteiger partial charge < -0.3 is 20.9 Å². The monoisotopic (exact) mass is 393 g/mol. The van der Waals surface area contributed by atoms with Crippen molar-refractivity contribution in [3.05, 3.63) is 48.2 Å². The average molecular weight is 393 g/mol. The fourth-order valence-electron chi connectivity index (χ4n) is 5.80. The molecule has 3 saturated carbocycles. The number of carbonyl (C=O) groups excluding carboxylic acids is 1. The Labute approximate surface area is 170 Å². The SMILES string of the molecule is Nc1ccc(Oc2ccc(C(=O)NC3CCC4CC5CC(O)(C4)CC53)cc2)nc1. The number of hydrogen-bond donors (Lipinski definition) is 3. The molecule has 3 aliphatic rings. The first-order chi connectivity index (χ1) is 14.0. The Morgan fingerprint density at radius 2 is 1.97 bits per heavy atom. The summed E-state index contributed by atoms with van der Waals surface area (Å²) in [7, 11) is 0. The minimum absolute atomic E-state index is 0.0552. The van der Waals surface area contributed by atoms with Crippen LogP contribution in [-0.2, 0) is 0 Å². The van der Waals surface area contributed by atoms with Crippen LogP contribution in [-0.4, -0.2) is 27.6 Å². The number of fused-ring (bicyclic) bond motifs is 2. The standard InChI is InChI=1S/C23H27N3O3/c24-17-4-8-21(25-13-17)29-18-5-2-15(3-6-18)22(27)26-20-7-1-14-9-16-11-23(28,10-14)12-19(16)20/h2-6,8,13-14,16,19-20,28H,1,7,9-12,24H2,(H,26,27). The average Bonchev–Trinajstić information content (AvgIpc) is 2.88. The molecule has 0 saturated heterocycles. The lowest BCUT2D eigenvalue weighted by Gasteiger charge is -2.33. The zero-order chi connectivity index (χ0) is 20.0. The number of benzene rings is 1. The number of ether oxygens (including phenoxy) is 1. The number of pyridine rings is 1. The quantitative estimate of drug-likeness (QED) is 0.738. The van der Waals surface area contributed by atoms with Crippen molar-refractivity contribution in [2.75, 3.05) is 5.73 Å². The summed E-state index contributed by atoms with van der Waals surface area (Å²) in [5, 5.41) is 14.1. The van der Waals surface area contributed by atoms with Crippen LogP contribution in [0.25, 0.3) is 0 Å². The lowest BCUT2D eigenvalue weighted by molar-refractivity contribution is -0.00594. The van der Waals surface area contributed by atoms with E-state index < -0.39 is 5.60 Å². The predicted molar refractivity (Wildman–Crippen MR) is 110 cm³/mol. The summed E-state index contributed by atoms with van der Waals surface area (Å²) < 4.78 is 5.69. The third-order valence-corrected chi connectivity index (χ3v) is 6.99. The van der Waals surface area contributed by atoms with Gasteiger partial charge in [0.2, 0.25) is 5.88 Å². The first-order valence-electron chi connectivity index (χ1n) is 10.5. The van der Waals surface area contributed by atoms with Crippen LogP contribution in [0.4, 0.5) is 5.69 Å². The van der Waals surface area contributed by atoms with Crippen LogP contribution in [0.15, 0.2) is 42.6 Å². The summed E-state index contributed by atoms with van der Waals surface area (Å²) in [6.45, 7) is 0. The summed E-state index contributed by atoms with van der Waals surface area (Å²) in [6, 6.07) is 10.7. The Morgan fingerprint density at radius 1 is 1.14 bits per heavy atom. The Morgan fingerprint density at radius 3 is 2.72 bits per heavy atom. The van der Waals surface area contributed by atoms with E-state index in [9.17, 15) is 9.90 Å². The number of aromatic nitrogens is 1. The highest BCUT2D eigenvalue weighted by atomic mass is 16.5. The van der Waals surface area contributed by atoms with Crippen LogP contribution < -0.4 is 15.8 Å². The molecule has 1 amide bonds. The fraction of sp³-hybridized carbons (Fsp3) is 0.478. The number of nitrogens with zero attached hydrogens (tertiary/aromatic N) is 1. The Kier molecular flexibility index (Phi) is 4.46. The zero-order valence-corrected chi connectivity index (χ0v) is 16.4. The van der Waals surface area contributed by atoms with Crippen molar-refractivity contribution < 1.29 is 14.6 Å². The largest absolute Gasteiger partial charge is 0.439 e. The van der Waals surface area contributed by atoms with Gasteiger partial charge in [0.25, 0.3) is 5.91 Å². The molecule has 5 unspecified atom stereocenters. The maximum Gasteiger partial charge on any atom is 0.251 e. The van der Waals surface area contributed by atoms with Crippen LogP contribution in [0, 0.1) is 17.8 Å². The normalized spacial score (nSPS) is 32.6. The van der Waals surface area contributed by atoms with Gasteiger partial charge in [-0.3, -0.25) is 4.79 Å². The molecule has 3 aliphatic carbocycles. The molecule has 1 aromatic carbocycles. The van der Waals surface area contributed by atoms with Gasteiger partial charge in [0.05, 0.1) is 17.5 Å². The van der Waals surface area contributed by atoms with Crippen LogP contribution in [0.3, 0.4) is 0 Å². The molecular formula is C23H27N3O3. The molecule has 5 atom stereocenters. The Hall–Kier alpha value is -2.60. The first kappa shape index (κ1) is 18.4. The van der Waals surface area contributed by atoms with Gasteiger partial charge >= 0.3 is 0 Å². The van der Waals surface area contributed by atoms with Crippen molar-refractivity contribution in [3.63, 3.8) is 0 Å². The van der Waals surface area contributed by atoms with Gasteiger partial charge in [0, 0.05) is 17.7 Å². The molecule has 0 aliphatic heterocycles. The van der Waals surface area contributed by atoms with Gasteiger partial charge in [-0.05, 0) is 86.6 Å². The van der Waals surface area contributed by atoms with E-state index in [2.05, 4.69) is 10.3 Å². The molecule has 3 fully saturated rings. The Bertz CT molecular complexity index is 899. The minimum atomic E-state index is -0.489. The van der Waals surface area contributed by atoms with E-state index in [0.29, 0.717) is 40.6 Å². The van der Waals surface area contributed by atoms with Crippen LogP contribution in [0.2, 0.25) is 0 Å². The highest BCUT2D eigenvalue weighted by Gasteiger charge is 2.53. The highest BCUT2D eigenvalue weighted by Crippen LogP contribution is 2.55. The van der Waals surface area contributed by atoms with E-state index in [1.54, 1.807) is 42.6 Å². The number of amides is 1. The lowest BCUT2D eigenvalue weighted by Crippen LogP contribution is -2.41. The highest BCUT2D eigenvalue weighted by molar-refractivity contribution is 5.94. The van der Waals surface area contributed by atoms with Crippen molar-refractivity contribution in [2.24, 2.45) is 17.8 Å². The van der Waals surface area contributed by atoms with E-state index in [1.807, 2.05) is 0 Å². The van der Waals surface area contributed by atoms with E-state index in [-0.39, 0.29) is 11.9 Å². The van der Waals surface area contributed by atoms with E-state index in [0.717, 1.165) is 32.1 Å². The molecule has 0 radical (unpaired) electrons. The van der Waals surface area contributed by atoms with Crippen molar-refractivity contribution >= 4 is 11.6 Å². The maximum absolute atomic E-state index is 12.9. The van der Waals surface area contributed by atoms with E-state index >= 15 is 0 Å². The number of anilines is 1. The summed E-state index contributed by atoms with van der Waals surface area (Å²) in [4.78, 5) is 17.0. The molecule has 3 bridgehead atoms. The maximum atomic E-state index is 12.9. The van der Waals surface area contributed by atoms with Crippen LogP contribution in [0.5, 0.6) is 11.6 Å². The molecule has 6 heteroatoms. The topological polar surface area (TPSA) is 97.5 Å². The van der Waals surface area contributed by atoms with Gasteiger partial charge in [0.1, 0.15) is 5.75 Å². The molecule has 29 heavy (non-hydrogen) atoms. The minimum Gasteiger partial charge on any atom is -0.439 e. The summed E-state index contributed by atoms with van der Waals surface area (Å²) in [6.07, 6.45) is 7.56. The van der Waals surface area contributed by atoms with Gasteiger partial charge in [0.15, 0.2) is 0 Å². The number of nitrogens with two attached hydrogens (primary N) is 1. The molecule has 152 valence electrons. The zero-order valence-electron chi connectivity index (χ0n) is 16.4. The second-order valence-corrected chi connectivity index (χ2v) is 9.08. The van der Waals surface area contributed by atoms with Gasteiger partial charge in [-0.15, -0.1) is 0 Å². The summed E-state index contributed by atoms with van der Waals surface area (Å²) in [5.41, 5.74) is 6.34. The van der Waals surface area contributed by atoms with Crippen molar-refractivity contribution in [3.8, 4) is 11.6 Å². The van der Waals surface area contributed by atoms with Crippen LogP contribution >= 0.6 is 0 Å². The smallest absolute Gasteiger partial charge is 0.251 e. The predicted octanol–water partition coefficient (Wildman–Crippen LogP) is 3.52. The summed E-state index contributed by atoms with van der Waals surface area (Å²) >= 11 is 0. The molecule has 4 N–H and O–H groups in total. The number of nitrogens with one attached hydrogen (secondary N) is 1. The molecule has 1 heterocycles. The first-order valence-corrected chi connectivity index (χ1v) is 10.5. The van der Waals surface area contributed by atoms with Gasteiger partial charge in [-0.2, -0.15) is 0 Å². The van der Waals surface area contributed by atoms with E-state index in [1.165, 1.54) is 6.42 Å².